The van der Waals surface area contributed by atoms with Gasteiger partial charge in [-0.3, -0.25) is 0 Å². The molecule has 3 heteroatoms. The molecule has 2 aromatic carbocycles. The average Bonchev–Trinajstić information content (AvgIpc) is 2.69. The summed E-state index contributed by atoms with van der Waals surface area (Å²) in [5, 5.41) is 0. The molecule has 0 spiro atoms. The number of benzene rings is 2. The van der Waals surface area contributed by atoms with E-state index >= 15 is 0 Å². The van der Waals surface area contributed by atoms with Crippen LogP contribution in [0.3, 0.4) is 0 Å². The van der Waals surface area contributed by atoms with Crippen LogP contribution in [0.15, 0.2) is 48.5 Å². The first kappa shape index (κ1) is 16.2. The summed E-state index contributed by atoms with van der Waals surface area (Å²) >= 11 is 0. The molecule has 130 valence electrons. The van der Waals surface area contributed by atoms with Crippen LogP contribution in [0, 0.1) is 11.8 Å². The first-order valence-electron chi connectivity index (χ1n) is 9.19. The minimum atomic E-state index is -0.335. The third kappa shape index (κ3) is 3.41. The maximum atomic E-state index is 11.5. The molecule has 25 heavy (non-hydrogen) atoms. The second-order valence-corrected chi connectivity index (χ2v) is 7.31. The first-order chi connectivity index (χ1) is 12.2. The molecule has 0 saturated heterocycles. The summed E-state index contributed by atoms with van der Waals surface area (Å²) in [6, 6.07) is 15.6. The van der Waals surface area contributed by atoms with Crippen LogP contribution in [0.2, 0.25) is 0 Å². The number of rotatable bonds is 4. The fraction of sp³-hybridized carbons (Fsp3) is 0.409. The Morgan fingerprint density at radius 1 is 0.880 bits per heavy atom. The zero-order valence-electron chi connectivity index (χ0n) is 14.6. The third-order valence-corrected chi connectivity index (χ3v) is 5.87. The summed E-state index contributed by atoms with van der Waals surface area (Å²) in [5.41, 5.74) is 1.99. The van der Waals surface area contributed by atoms with Crippen molar-refractivity contribution in [2.45, 2.75) is 38.0 Å². The van der Waals surface area contributed by atoms with Gasteiger partial charge >= 0.3 is 5.97 Å². The van der Waals surface area contributed by atoms with E-state index in [4.69, 9.17) is 9.47 Å². The Labute approximate surface area is 149 Å². The zero-order valence-corrected chi connectivity index (χ0v) is 14.6. The lowest BCUT2D eigenvalue weighted by Crippen LogP contribution is -2.29. The fourth-order valence-corrected chi connectivity index (χ4v) is 4.48. The van der Waals surface area contributed by atoms with Crippen LogP contribution >= 0.6 is 0 Å². The quantitative estimate of drug-likeness (QED) is 0.686. The molecule has 3 aliphatic carbocycles. The van der Waals surface area contributed by atoms with Gasteiger partial charge in [-0.2, -0.15) is 0 Å². The van der Waals surface area contributed by atoms with Crippen LogP contribution in [0.4, 0.5) is 0 Å². The van der Waals surface area contributed by atoms with Crippen LogP contribution in [-0.4, -0.2) is 13.1 Å². The fourth-order valence-electron chi connectivity index (χ4n) is 4.48. The highest BCUT2D eigenvalue weighted by atomic mass is 16.5. The van der Waals surface area contributed by atoms with Crippen molar-refractivity contribution in [2.75, 3.05) is 7.11 Å². The van der Waals surface area contributed by atoms with Crippen molar-refractivity contribution in [1.82, 2.24) is 0 Å². The van der Waals surface area contributed by atoms with Crippen molar-refractivity contribution in [3.8, 4) is 11.5 Å². The summed E-state index contributed by atoms with van der Waals surface area (Å²) in [6.45, 7) is 0. The van der Waals surface area contributed by atoms with E-state index in [1.54, 1.807) is 24.3 Å². The lowest BCUT2D eigenvalue weighted by atomic mass is 9.63. The van der Waals surface area contributed by atoms with Crippen LogP contribution in [-0.2, 0) is 4.74 Å². The Bertz CT molecular complexity index is 725. The Kier molecular flexibility index (Phi) is 4.48. The smallest absolute Gasteiger partial charge is 0.337 e. The molecule has 0 aliphatic heterocycles. The topological polar surface area (TPSA) is 35.5 Å². The van der Waals surface area contributed by atoms with Gasteiger partial charge in [0.25, 0.3) is 0 Å². The highest BCUT2D eigenvalue weighted by Crippen LogP contribution is 2.49. The van der Waals surface area contributed by atoms with Gasteiger partial charge in [0, 0.05) is 0 Å². The lowest BCUT2D eigenvalue weighted by Gasteiger charge is -2.42. The lowest BCUT2D eigenvalue weighted by molar-refractivity contribution is 0.0600. The van der Waals surface area contributed by atoms with E-state index in [0.717, 1.165) is 29.3 Å². The third-order valence-electron chi connectivity index (χ3n) is 5.87. The average molecular weight is 336 g/mol. The van der Waals surface area contributed by atoms with Gasteiger partial charge < -0.3 is 9.47 Å². The van der Waals surface area contributed by atoms with Crippen LogP contribution in [0.5, 0.6) is 11.5 Å². The van der Waals surface area contributed by atoms with E-state index in [2.05, 4.69) is 24.3 Å². The van der Waals surface area contributed by atoms with E-state index in [0.29, 0.717) is 5.56 Å². The molecule has 3 nitrogen and oxygen atoms in total. The molecule has 5 rings (SSSR count). The molecular weight excluding hydrogens is 312 g/mol. The number of esters is 1. The molecule has 3 fully saturated rings. The maximum absolute atomic E-state index is 11.5. The van der Waals surface area contributed by atoms with E-state index in [9.17, 15) is 4.79 Å². The standard InChI is InChI=1S/C22H24O3/c1-24-22(23)18-8-12-20(13-9-18)25-19-10-6-17(7-11-19)21-14-15-2-4-16(21)5-3-15/h6-13,15-16,21H,2-5,14H2,1H3. The molecule has 0 radical (unpaired) electrons. The normalized spacial score (nSPS) is 24.8. The van der Waals surface area contributed by atoms with Gasteiger partial charge in [0.2, 0.25) is 0 Å². The molecular formula is C22H24O3. The number of methoxy groups -OCH3 is 1. The van der Waals surface area contributed by atoms with Crippen molar-refractivity contribution in [2.24, 2.45) is 11.8 Å². The largest absolute Gasteiger partial charge is 0.465 e. The SMILES string of the molecule is COC(=O)c1ccc(Oc2ccc(C3CC4CCC3CC4)cc2)cc1. The molecule has 0 amide bonds. The number of ether oxygens (including phenoxy) is 2. The van der Waals surface area contributed by atoms with Crippen molar-refractivity contribution >= 4 is 5.97 Å². The number of carbonyl (C=O) groups is 1. The first-order valence-corrected chi connectivity index (χ1v) is 9.19. The van der Waals surface area contributed by atoms with Crippen LogP contribution in [0.25, 0.3) is 0 Å². The highest BCUT2D eigenvalue weighted by Gasteiger charge is 2.36. The van der Waals surface area contributed by atoms with Crippen molar-refractivity contribution in [3.05, 3.63) is 59.7 Å². The van der Waals surface area contributed by atoms with Crippen molar-refractivity contribution < 1.29 is 14.3 Å². The summed E-state index contributed by atoms with van der Waals surface area (Å²) in [6.07, 6.45) is 7.04. The van der Waals surface area contributed by atoms with Gasteiger partial charge in [-0.15, -0.1) is 0 Å². The zero-order chi connectivity index (χ0) is 17.2. The van der Waals surface area contributed by atoms with Gasteiger partial charge in [0.15, 0.2) is 0 Å². The van der Waals surface area contributed by atoms with E-state index in [1.807, 2.05) is 0 Å². The molecule has 2 aromatic rings. The molecule has 3 aliphatic rings. The van der Waals surface area contributed by atoms with E-state index < -0.39 is 0 Å². The molecule has 1 atom stereocenters. The Morgan fingerprint density at radius 2 is 1.48 bits per heavy atom. The molecule has 3 saturated carbocycles. The summed E-state index contributed by atoms with van der Waals surface area (Å²) in [7, 11) is 1.38. The molecule has 1 unspecified atom stereocenters. The van der Waals surface area contributed by atoms with Crippen LogP contribution < -0.4 is 4.74 Å². The summed E-state index contributed by atoms with van der Waals surface area (Å²) in [5.74, 6) is 3.77. The monoisotopic (exact) mass is 336 g/mol. The molecule has 0 N–H and O–H groups in total. The van der Waals surface area contributed by atoms with Gasteiger partial charge in [0.1, 0.15) is 11.5 Å². The number of fused-ring (bicyclic) bond motifs is 3. The summed E-state index contributed by atoms with van der Waals surface area (Å²) < 4.78 is 10.6. The van der Waals surface area contributed by atoms with E-state index in [-0.39, 0.29) is 5.97 Å². The van der Waals surface area contributed by atoms with Gasteiger partial charge in [-0.1, -0.05) is 25.0 Å². The van der Waals surface area contributed by atoms with Gasteiger partial charge in [-0.05, 0) is 79.0 Å². The molecule has 0 heterocycles. The molecule has 0 aromatic heterocycles. The van der Waals surface area contributed by atoms with E-state index in [1.165, 1.54) is 44.8 Å². The number of hydrogen-bond donors (Lipinski definition) is 0. The van der Waals surface area contributed by atoms with Crippen LogP contribution in [0.1, 0.15) is 53.9 Å². The maximum Gasteiger partial charge on any atom is 0.337 e. The minimum absolute atomic E-state index is 0.335. The Balaban J connectivity index is 1.43. The van der Waals surface area contributed by atoms with Gasteiger partial charge in [-0.25, -0.2) is 4.79 Å². The van der Waals surface area contributed by atoms with Crippen molar-refractivity contribution in [1.29, 1.82) is 0 Å². The second-order valence-electron chi connectivity index (χ2n) is 7.31. The molecule has 2 bridgehead atoms. The highest BCUT2D eigenvalue weighted by molar-refractivity contribution is 5.89. The number of hydrogen-bond acceptors (Lipinski definition) is 3. The van der Waals surface area contributed by atoms with Gasteiger partial charge in [0.05, 0.1) is 12.7 Å². The summed E-state index contributed by atoms with van der Waals surface area (Å²) in [4.78, 5) is 11.5. The predicted molar refractivity (Wildman–Crippen MR) is 97.1 cm³/mol. The minimum Gasteiger partial charge on any atom is -0.465 e. The predicted octanol–water partition coefficient (Wildman–Crippen LogP) is 5.56. The Morgan fingerprint density at radius 3 is 2.00 bits per heavy atom. The Hall–Kier alpha value is -2.29. The second kappa shape index (κ2) is 6.91. The van der Waals surface area contributed by atoms with Crippen molar-refractivity contribution in [3.63, 3.8) is 0 Å². The number of carbonyl (C=O) groups excluding carboxylic acids is 1.